The van der Waals surface area contributed by atoms with Gasteiger partial charge in [0.15, 0.2) is 5.95 Å². The normalized spacial score (nSPS) is 16.4. The summed E-state index contributed by atoms with van der Waals surface area (Å²) in [6.07, 6.45) is -1.20. The van der Waals surface area contributed by atoms with Crippen LogP contribution in [-0.4, -0.2) is 41.2 Å². The summed E-state index contributed by atoms with van der Waals surface area (Å²) in [5, 5.41) is 18.5. The predicted molar refractivity (Wildman–Crippen MR) is 102 cm³/mol. The number of ether oxygens (including phenoxy) is 1. The minimum atomic E-state index is -0.991. The van der Waals surface area contributed by atoms with Crippen molar-refractivity contribution in [3.8, 4) is 11.6 Å². The number of aromatic nitrogens is 2. The van der Waals surface area contributed by atoms with Crippen molar-refractivity contribution < 1.29 is 33.0 Å². The molecule has 1 fully saturated rings. The van der Waals surface area contributed by atoms with Crippen LogP contribution < -0.4 is 15.1 Å². The highest BCUT2D eigenvalue weighted by atomic mass is 19.1. The molecule has 2 amide bonds. The monoisotopic (exact) mass is 426 g/mol. The van der Waals surface area contributed by atoms with Crippen LogP contribution in [0.1, 0.15) is 12.1 Å². The van der Waals surface area contributed by atoms with E-state index in [0.717, 1.165) is 0 Å². The van der Waals surface area contributed by atoms with Crippen LogP contribution in [0.15, 0.2) is 59.1 Å². The van der Waals surface area contributed by atoms with Gasteiger partial charge in [0.05, 0.1) is 18.3 Å². The van der Waals surface area contributed by atoms with Gasteiger partial charge in [-0.1, -0.05) is 18.2 Å². The first-order valence-corrected chi connectivity index (χ1v) is 9.60. The molecule has 1 aromatic heterocycles. The molecule has 1 unspecified atom stereocenters. The van der Waals surface area contributed by atoms with E-state index in [1.54, 1.807) is 24.3 Å². The van der Waals surface area contributed by atoms with Gasteiger partial charge in [0.25, 0.3) is 11.6 Å². The fourth-order valence-electron chi connectivity index (χ4n) is 3.26. The van der Waals surface area contributed by atoms with Crippen LogP contribution in [0.3, 0.4) is 0 Å². The van der Waals surface area contributed by atoms with Crippen LogP contribution in [0.4, 0.5) is 10.1 Å². The highest BCUT2D eigenvalue weighted by Gasteiger charge is 2.34. The van der Waals surface area contributed by atoms with Crippen molar-refractivity contribution in [2.24, 2.45) is 0 Å². The first-order valence-electron chi connectivity index (χ1n) is 9.60. The maximum absolute atomic E-state index is 13.0. The molecular formula is C21H19FN4O5. The smallest absolute Gasteiger partial charge is 0.259 e. The Balaban J connectivity index is 1.43. The lowest BCUT2D eigenvalue weighted by Crippen LogP contribution is -2.50. The third-order valence-corrected chi connectivity index (χ3v) is 4.80. The summed E-state index contributed by atoms with van der Waals surface area (Å²) in [7, 11) is 0. The van der Waals surface area contributed by atoms with Gasteiger partial charge in [-0.15, -0.1) is 0 Å². The standard InChI is InChI=1S/C21H19FN4O5/c22-14-6-8-15(9-7-14)23-19(27)12-18-20(28)25(10-11-30-18)13-17-21(29)31-24-26(17)16-4-2-1-3-5-16/h1-9,18H,10-13H2,(H-,23,24,27,29). The second-order valence-corrected chi connectivity index (χ2v) is 6.93. The van der Waals surface area contributed by atoms with Crippen LogP contribution in [0, 0.1) is 5.82 Å². The maximum Gasteiger partial charge on any atom is 0.259 e. The van der Waals surface area contributed by atoms with Crippen LogP contribution in [0.2, 0.25) is 0 Å². The number of halogens is 1. The van der Waals surface area contributed by atoms with Gasteiger partial charge < -0.3 is 24.6 Å². The van der Waals surface area contributed by atoms with E-state index < -0.39 is 29.7 Å². The zero-order chi connectivity index (χ0) is 21.8. The van der Waals surface area contributed by atoms with Crippen molar-refractivity contribution in [3.05, 3.63) is 66.1 Å². The lowest BCUT2D eigenvalue weighted by Gasteiger charge is -2.31. The van der Waals surface area contributed by atoms with Crippen molar-refractivity contribution in [2.45, 2.75) is 19.1 Å². The number of nitrogens with one attached hydrogen (secondary N) is 1. The van der Waals surface area contributed by atoms with E-state index in [4.69, 9.17) is 9.26 Å². The molecule has 1 N–H and O–H groups in total. The van der Waals surface area contributed by atoms with E-state index in [2.05, 4.69) is 10.6 Å². The highest BCUT2D eigenvalue weighted by molar-refractivity contribution is 5.95. The second kappa shape index (κ2) is 8.92. The molecule has 0 aliphatic carbocycles. The Morgan fingerprint density at radius 2 is 1.97 bits per heavy atom. The molecule has 0 spiro atoms. The van der Waals surface area contributed by atoms with Crippen molar-refractivity contribution in [1.82, 2.24) is 10.2 Å². The molecule has 0 bridgehead atoms. The number of amides is 2. The van der Waals surface area contributed by atoms with Crippen LogP contribution in [0.5, 0.6) is 5.95 Å². The first kappa shape index (κ1) is 20.5. The Morgan fingerprint density at radius 3 is 2.71 bits per heavy atom. The van der Waals surface area contributed by atoms with Gasteiger partial charge >= 0.3 is 0 Å². The molecule has 1 atom stereocenters. The fourth-order valence-corrected chi connectivity index (χ4v) is 3.26. The number of nitrogens with zero attached hydrogens (tertiary/aromatic N) is 3. The van der Waals surface area contributed by atoms with E-state index in [9.17, 15) is 19.1 Å². The summed E-state index contributed by atoms with van der Waals surface area (Å²) in [5.41, 5.74) is 1.23. The quantitative estimate of drug-likeness (QED) is 0.587. The fraction of sp³-hybridized carbons (Fsp3) is 0.238. The van der Waals surface area contributed by atoms with E-state index in [1.807, 2.05) is 6.07 Å². The molecule has 3 aromatic rings. The number of anilines is 1. The molecule has 2 aromatic carbocycles. The predicted octanol–water partition coefficient (Wildman–Crippen LogP) is 0.920. The Bertz CT molecular complexity index is 1070. The van der Waals surface area contributed by atoms with Crippen LogP contribution in [0.25, 0.3) is 5.69 Å². The number of carbonyl (C=O) groups is 2. The molecule has 1 aliphatic heterocycles. The van der Waals surface area contributed by atoms with E-state index in [-0.39, 0.29) is 31.8 Å². The first-order chi connectivity index (χ1) is 15.0. The molecule has 4 rings (SSSR count). The minimum absolute atomic E-state index is 0.0322. The molecule has 0 radical (unpaired) electrons. The highest BCUT2D eigenvalue weighted by Crippen LogP contribution is 2.18. The van der Waals surface area contributed by atoms with Crippen molar-refractivity contribution in [3.63, 3.8) is 0 Å². The Kier molecular flexibility index (Phi) is 5.89. The van der Waals surface area contributed by atoms with Gasteiger partial charge in [0.1, 0.15) is 18.5 Å². The largest absolute Gasteiger partial charge is 0.539 e. The van der Waals surface area contributed by atoms with Gasteiger partial charge in [0, 0.05) is 24.4 Å². The average Bonchev–Trinajstić information content (AvgIpc) is 3.13. The van der Waals surface area contributed by atoms with Gasteiger partial charge in [-0.3, -0.25) is 9.59 Å². The molecular weight excluding hydrogens is 407 g/mol. The topological polar surface area (TPSA) is 112 Å². The summed E-state index contributed by atoms with van der Waals surface area (Å²) in [6.45, 7) is 0.439. The zero-order valence-electron chi connectivity index (χ0n) is 16.4. The SMILES string of the molecule is O=C(CC1OCCN(Cc2c([O-])on[n+]2-c2ccccc2)C1=O)Nc1ccc(F)cc1. The molecule has 2 heterocycles. The maximum atomic E-state index is 13.0. The van der Waals surface area contributed by atoms with E-state index in [1.165, 1.54) is 33.8 Å². The van der Waals surface area contributed by atoms with Crippen LogP contribution in [-0.2, 0) is 20.9 Å². The van der Waals surface area contributed by atoms with Crippen LogP contribution >= 0.6 is 0 Å². The number of hydrogen-bond acceptors (Lipinski definition) is 6. The number of morpholine rings is 1. The van der Waals surface area contributed by atoms with E-state index >= 15 is 0 Å². The summed E-state index contributed by atoms with van der Waals surface area (Å²) < 4.78 is 24.6. The van der Waals surface area contributed by atoms with Gasteiger partial charge in [-0.25, -0.2) is 4.39 Å². The molecule has 10 heteroatoms. The second-order valence-electron chi connectivity index (χ2n) is 6.93. The molecule has 160 valence electrons. The average molecular weight is 426 g/mol. The van der Waals surface area contributed by atoms with Crippen molar-refractivity contribution >= 4 is 17.5 Å². The van der Waals surface area contributed by atoms with Crippen molar-refractivity contribution in [1.29, 1.82) is 0 Å². The molecule has 1 aliphatic rings. The number of benzene rings is 2. The Morgan fingerprint density at radius 1 is 1.23 bits per heavy atom. The third-order valence-electron chi connectivity index (χ3n) is 4.80. The summed E-state index contributed by atoms with van der Waals surface area (Å²) >= 11 is 0. The Hall–Kier alpha value is -3.79. The number of carbonyl (C=O) groups excluding carboxylic acids is 2. The third kappa shape index (κ3) is 4.69. The summed E-state index contributed by atoms with van der Waals surface area (Å²) in [6, 6.07) is 14.2. The molecule has 0 saturated carbocycles. The minimum Gasteiger partial charge on any atom is -0.539 e. The molecule has 31 heavy (non-hydrogen) atoms. The summed E-state index contributed by atoms with van der Waals surface area (Å²) in [4.78, 5) is 26.6. The molecule has 9 nitrogen and oxygen atoms in total. The molecule has 1 saturated heterocycles. The van der Waals surface area contributed by atoms with Crippen molar-refractivity contribution in [2.75, 3.05) is 18.5 Å². The number of rotatable bonds is 6. The number of hydrogen-bond donors (Lipinski definition) is 1. The van der Waals surface area contributed by atoms with E-state index in [0.29, 0.717) is 11.4 Å². The lowest BCUT2D eigenvalue weighted by molar-refractivity contribution is -0.678. The lowest BCUT2D eigenvalue weighted by atomic mass is 10.1. The van der Waals surface area contributed by atoms with Gasteiger partial charge in [0.2, 0.25) is 11.6 Å². The zero-order valence-corrected chi connectivity index (χ0v) is 16.4. The van der Waals surface area contributed by atoms with Gasteiger partial charge in [-0.2, -0.15) is 0 Å². The number of para-hydroxylation sites is 1. The Labute approximate surface area is 176 Å². The summed E-state index contributed by atoms with van der Waals surface area (Å²) in [5.74, 6) is -1.92. The van der Waals surface area contributed by atoms with Gasteiger partial charge in [-0.05, 0) is 28.9 Å².